The fourth-order valence-corrected chi connectivity index (χ4v) is 7.03. The highest BCUT2D eigenvalue weighted by atomic mass is 16.5. The number of hydrogen-bond donors (Lipinski definition) is 1. The van der Waals surface area contributed by atoms with Crippen LogP contribution < -0.4 is 15.0 Å². The zero-order valence-electron chi connectivity index (χ0n) is 21.0. The molecule has 8 nitrogen and oxygen atoms in total. The normalized spacial score (nSPS) is 29.0. The predicted octanol–water partition coefficient (Wildman–Crippen LogP) is 2.53. The van der Waals surface area contributed by atoms with Gasteiger partial charge >= 0.3 is 0 Å². The van der Waals surface area contributed by atoms with Crippen molar-refractivity contribution in [2.45, 2.75) is 50.2 Å². The third-order valence-corrected chi connectivity index (χ3v) is 8.55. The number of aromatic nitrogens is 1. The lowest BCUT2D eigenvalue weighted by atomic mass is 9.78. The van der Waals surface area contributed by atoms with E-state index in [1.54, 1.807) is 7.11 Å². The van der Waals surface area contributed by atoms with Crippen molar-refractivity contribution in [1.29, 1.82) is 0 Å². The Morgan fingerprint density at radius 2 is 1.92 bits per heavy atom. The molecule has 3 saturated heterocycles. The average molecular weight is 490 g/mol. The molecule has 36 heavy (non-hydrogen) atoms. The Morgan fingerprint density at radius 1 is 1.06 bits per heavy atom. The summed E-state index contributed by atoms with van der Waals surface area (Å²) >= 11 is 0. The maximum atomic E-state index is 14.4. The number of carbonyl (C=O) groups excluding carboxylic acids is 2. The van der Waals surface area contributed by atoms with Gasteiger partial charge in [-0.25, -0.2) is 4.98 Å². The Morgan fingerprint density at radius 3 is 2.75 bits per heavy atom. The Labute approximate surface area is 212 Å². The van der Waals surface area contributed by atoms with Gasteiger partial charge in [0, 0.05) is 62.3 Å². The molecule has 0 aliphatic carbocycles. The van der Waals surface area contributed by atoms with Crippen LogP contribution in [0.1, 0.15) is 43.2 Å². The van der Waals surface area contributed by atoms with Gasteiger partial charge in [-0.3, -0.25) is 19.4 Å². The quantitative estimate of drug-likeness (QED) is 0.714. The minimum atomic E-state index is -0.857. The predicted molar refractivity (Wildman–Crippen MR) is 137 cm³/mol. The lowest BCUT2D eigenvalue weighted by Crippen LogP contribution is -2.56. The summed E-state index contributed by atoms with van der Waals surface area (Å²) in [6.45, 7) is 4.68. The minimum absolute atomic E-state index is 0.0274. The van der Waals surface area contributed by atoms with E-state index in [0.717, 1.165) is 75.1 Å². The number of fused-ring (bicyclic) bond motifs is 4. The van der Waals surface area contributed by atoms with Crippen LogP contribution in [0.15, 0.2) is 42.6 Å². The first-order valence-electron chi connectivity index (χ1n) is 13.3. The van der Waals surface area contributed by atoms with Gasteiger partial charge in [-0.15, -0.1) is 0 Å². The van der Waals surface area contributed by atoms with E-state index in [9.17, 15) is 9.59 Å². The van der Waals surface area contributed by atoms with Crippen LogP contribution in [0.3, 0.4) is 0 Å². The first-order valence-corrected chi connectivity index (χ1v) is 13.3. The monoisotopic (exact) mass is 489 g/mol. The van der Waals surface area contributed by atoms with E-state index in [1.165, 1.54) is 0 Å². The molecule has 1 aromatic heterocycles. The molecule has 0 unspecified atom stereocenters. The standard InChI is InChI=1S/C28H35N5O3/c1-36-25-11-10-20(18-30-25)19-31-13-5-12-29-26(34)23-17-21-7-4-16-33(21)28(23)22-8-2-3-9-24(22)32(27(28)35)15-6-14-31/h2-3,8-11,18,21,23H,4-7,12-17,19H2,1H3,(H,29,34)/t21-,23+,28+/m0/s1. The number of methoxy groups -OCH3 is 1. The Hall–Kier alpha value is -2.97. The number of amides is 2. The largest absolute Gasteiger partial charge is 0.481 e. The molecule has 4 aliphatic heterocycles. The van der Waals surface area contributed by atoms with E-state index < -0.39 is 5.54 Å². The third kappa shape index (κ3) is 3.69. The molecule has 0 radical (unpaired) electrons. The van der Waals surface area contributed by atoms with E-state index in [4.69, 9.17) is 4.74 Å². The van der Waals surface area contributed by atoms with Gasteiger partial charge in [0.05, 0.1) is 13.0 Å². The molecule has 5 heterocycles. The summed E-state index contributed by atoms with van der Waals surface area (Å²) < 4.78 is 5.19. The molecule has 0 saturated carbocycles. The number of ether oxygens (including phenoxy) is 1. The highest BCUT2D eigenvalue weighted by Crippen LogP contribution is 2.57. The molecule has 2 amide bonds. The number of benzene rings is 1. The molecule has 2 bridgehead atoms. The molecule has 4 aliphatic rings. The van der Waals surface area contributed by atoms with Gasteiger partial charge in [0.1, 0.15) is 5.54 Å². The molecule has 3 fully saturated rings. The Bertz CT molecular complexity index is 1140. The summed E-state index contributed by atoms with van der Waals surface area (Å²) in [6.07, 6.45) is 6.52. The second kappa shape index (κ2) is 9.48. The van der Waals surface area contributed by atoms with Gasteiger partial charge in [0.25, 0.3) is 5.91 Å². The third-order valence-electron chi connectivity index (χ3n) is 8.55. The molecule has 3 atom stereocenters. The number of pyridine rings is 1. The number of hydrogen-bond acceptors (Lipinski definition) is 6. The first kappa shape index (κ1) is 23.4. The number of nitrogens with zero attached hydrogens (tertiary/aromatic N) is 4. The van der Waals surface area contributed by atoms with Crippen molar-refractivity contribution in [2.75, 3.05) is 44.7 Å². The van der Waals surface area contributed by atoms with Crippen molar-refractivity contribution >= 4 is 17.5 Å². The molecule has 1 spiro atoms. The molecule has 190 valence electrons. The number of anilines is 1. The minimum Gasteiger partial charge on any atom is -0.481 e. The molecule has 1 N–H and O–H groups in total. The molecule has 1 aromatic carbocycles. The van der Waals surface area contributed by atoms with Crippen LogP contribution >= 0.6 is 0 Å². The fraction of sp³-hybridized carbons (Fsp3) is 0.536. The van der Waals surface area contributed by atoms with Crippen LogP contribution in [0.2, 0.25) is 0 Å². The second-order valence-corrected chi connectivity index (χ2v) is 10.5. The van der Waals surface area contributed by atoms with Gasteiger partial charge in [-0.1, -0.05) is 24.3 Å². The number of para-hydroxylation sites is 1. The van der Waals surface area contributed by atoms with Crippen molar-refractivity contribution in [1.82, 2.24) is 20.1 Å². The first-order chi connectivity index (χ1) is 17.6. The molecule has 2 aromatic rings. The van der Waals surface area contributed by atoms with Gasteiger partial charge < -0.3 is 15.0 Å². The van der Waals surface area contributed by atoms with Crippen molar-refractivity contribution in [3.05, 3.63) is 53.7 Å². The average Bonchev–Trinajstić information content (AvgIpc) is 3.55. The number of nitrogens with one attached hydrogen (secondary N) is 1. The summed E-state index contributed by atoms with van der Waals surface area (Å²) in [7, 11) is 1.62. The zero-order chi connectivity index (χ0) is 24.7. The lowest BCUT2D eigenvalue weighted by Gasteiger charge is -2.37. The van der Waals surface area contributed by atoms with Crippen LogP contribution in [0.5, 0.6) is 5.88 Å². The molecular formula is C28H35N5O3. The summed E-state index contributed by atoms with van der Waals surface area (Å²) in [6, 6.07) is 12.4. The smallest absolute Gasteiger partial charge is 0.253 e. The van der Waals surface area contributed by atoms with Crippen LogP contribution in [0.25, 0.3) is 0 Å². The Balaban J connectivity index is 1.30. The highest BCUT2D eigenvalue weighted by Gasteiger charge is 2.66. The van der Waals surface area contributed by atoms with Crippen molar-refractivity contribution in [3.63, 3.8) is 0 Å². The van der Waals surface area contributed by atoms with Crippen molar-refractivity contribution in [2.24, 2.45) is 5.92 Å². The van der Waals surface area contributed by atoms with E-state index in [0.29, 0.717) is 25.0 Å². The van der Waals surface area contributed by atoms with E-state index in [-0.39, 0.29) is 17.7 Å². The number of carbonyl (C=O) groups is 2. The second-order valence-electron chi connectivity index (χ2n) is 10.5. The SMILES string of the molecule is COc1ccc(CN2CCCNC(=O)[C@H]3C[C@@H]4CCCN4[C@@]34C(=O)N(CCC2)c2ccccc24)cn1. The molecule has 8 heteroatoms. The summed E-state index contributed by atoms with van der Waals surface area (Å²) in [5.74, 6) is 0.388. The van der Waals surface area contributed by atoms with Gasteiger partial charge in [0.2, 0.25) is 11.8 Å². The summed E-state index contributed by atoms with van der Waals surface area (Å²) in [4.78, 5) is 39.1. The van der Waals surface area contributed by atoms with E-state index in [2.05, 4.69) is 32.2 Å². The highest BCUT2D eigenvalue weighted by molar-refractivity contribution is 6.10. The zero-order valence-corrected chi connectivity index (χ0v) is 21.0. The lowest BCUT2D eigenvalue weighted by molar-refractivity contribution is -0.138. The van der Waals surface area contributed by atoms with Crippen LogP contribution in [0, 0.1) is 5.92 Å². The van der Waals surface area contributed by atoms with E-state index in [1.807, 2.05) is 35.4 Å². The molecule has 6 rings (SSSR count). The maximum Gasteiger partial charge on any atom is 0.253 e. The topological polar surface area (TPSA) is 78.0 Å². The summed E-state index contributed by atoms with van der Waals surface area (Å²) in [5.41, 5.74) is 2.28. The maximum absolute atomic E-state index is 14.4. The van der Waals surface area contributed by atoms with Gasteiger partial charge in [-0.2, -0.15) is 0 Å². The van der Waals surface area contributed by atoms with E-state index >= 15 is 0 Å². The van der Waals surface area contributed by atoms with Crippen molar-refractivity contribution in [3.8, 4) is 5.88 Å². The number of rotatable bonds is 3. The van der Waals surface area contributed by atoms with Crippen LogP contribution in [0.4, 0.5) is 5.69 Å². The fourth-order valence-electron chi connectivity index (χ4n) is 7.03. The van der Waals surface area contributed by atoms with Gasteiger partial charge in [0.15, 0.2) is 0 Å². The molecular weight excluding hydrogens is 454 g/mol. The summed E-state index contributed by atoms with van der Waals surface area (Å²) in [5, 5.41) is 3.22. The van der Waals surface area contributed by atoms with Crippen LogP contribution in [-0.2, 0) is 21.7 Å². The Kier molecular flexibility index (Phi) is 6.17. The van der Waals surface area contributed by atoms with Gasteiger partial charge in [-0.05, 0) is 50.3 Å². The van der Waals surface area contributed by atoms with Crippen molar-refractivity contribution < 1.29 is 14.3 Å². The van der Waals surface area contributed by atoms with Crippen LogP contribution in [-0.4, -0.2) is 72.5 Å².